The molecule has 1 heterocycles. The molecule has 2 aromatic rings. The Balaban J connectivity index is 1.90. The number of hydrazine groups is 1. The minimum absolute atomic E-state index is 0.235. The minimum Gasteiger partial charge on any atom is -0.271 e. The zero-order valence-electron chi connectivity index (χ0n) is 10.7. The van der Waals surface area contributed by atoms with E-state index < -0.39 is 0 Å². The number of hydrogen-bond acceptors (Lipinski definition) is 3. The number of benzene rings is 1. The fraction of sp³-hybridized carbons (Fsp3) is 0.267. The number of aromatic nitrogens is 1. The molecular formula is C15H18ClN3. The van der Waals surface area contributed by atoms with Crippen molar-refractivity contribution >= 4 is 11.6 Å². The number of aryl methyl sites for hydroxylation is 1. The highest BCUT2D eigenvalue weighted by molar-refractivity contribution is 6.30. The summed E-state index contributed by atoms with van der Waals surface area (Å²) < 4.78 is 0. The van der Waals surface area contributed by atoms with Crippen LogP contribution in [0, 0.1) is 0 Å². The van der Waals surface area contributed by atoms with Crippen LogP contribution in [0.1, 0.15) is 17.5 Å². The first-order valence-electron chi connectivity index (χ1n) is 6.37. The van der Waals surface area contributed by atoms with Crippen molar-refractivity contribution in [2.45, 2.75) is 25.3 Å². The van der Waals surface area contributed by atoms with E-state index in [9.17, 15) is 0 Å². The van der Waals surface area contributed by atoms with E-state index in [4.69, 9.17) is 17.4 Å². The highest BCUT2D eigenvalue weighted by Gasteiger charge is 2.08. The summed E-state index contributed by atoms with van der Waals surface area (Å²) in [6, 6.07) is 12.2. The molecule has 0 amide bonds. The van der Waals surface area contributed by atoms with Crippen LogP contribution >= 0.6 is 11.6 Å². The number of nitrogens with one attached hydrogen (secondary N) is 1. The van der Waals surface area contributed by atoms with E-state index in [-0.39, 0.29) is 6.04 Å². The molecule has 2 rings (SSSR count). The Morgan fingerprint density at radius 1 is 1.21 bits per heavy atom. The van der Waals surface area contributed by atoms with E-state index in [1.165, 1.54) is 11.1 Å². The van der Waals surface area contributed by atoms with E-state index in [2.05, 4.69) is 22.5 Å². The third-order valence-electron chi connectivity index (χ3n) is 3.11. The van der Waals surface area contributed by atoms with Crippen LogP contribution in [0.25, 0.3) is 0 Å². The van der Waals surface area contributed by atoms with Crippen molar-refractivity contribution in [2.75, 3.05) is 0 Å². The number of hydrogen-bond donors (Lipinski definition) is 2. The Kier molecular flexibility index (Phi) is 5.33. The lowest BCUT2D eigenvalue weighted by atomic mass is 10.0. The monoisotopic (exact) mass is 275 g/mol. The summed E-state index contributed by atoms with van der Waals surface area (Å²) in [4.78, 5) is 4.11. The topological polar surface area (TPSA) is 50.9 Å². The summed E-state index contributed by atoms with van der Waals surface area (Å²) in [6.45, 7) is 0. The molecule has 0 aliphatic rings. The van der Waals surface area contributed by atoms with Crippen molar-refractivity contribution in [1.82, 2.24) is 10.4 Å². The normalized spacial score (nSPS) is 12.3. The predicted octanol–water partition coefficient (Wildman–Crippen LogP) is 2.74. The number of nitrogens with zero attached hydrogens (tertiary/aromatic N) is 1. The van der Waals surface area contributed by atoms with E-state index in [0.717, 1.165) is 24.3 Å². The summed E-state index contributed by atoms with van der Waals surface area (Å²) in [5.41, 5.74) is 5.30. The van der Waals surface area contributed by atoms with E-state index in [1.807, 2.05) is 30.5 Å². The fourth-order valence-electron chi connectivity index (χ4n) is 2.08. The van der Waals surface area contributed by atoms with Gasteiger partial charge in [-0.05, 0) is 48.6 Å². The zero-order chi connectivity index (χ0) is 13.5. The Labute approximate surface area is 118 Å². The third kappa shape index (κ3) is 4.63. The summed E-state index contributed by atoms with van der Waals surface area (Å²) >= 11 is 5.98. The smallest absolute Gasteiger partial charge is 0.0408 e. The van der Waals surface area contributed by atoms with Gasteiger partial charge in [-0.2, -0.15) is 0 Å². The molecule has 100 valence electrons. The Hall–Kier alpha value is -1.42. The molecule has 0 spiro atoms. The Morgan fingerprint density at radius 3 is 2.74 bits per heavy atom. The van der Waals surface area contributed by atoms with Gasteiger partial charge in [0.15, 0.2) is 0 Å². The Bertz CT molecular complexity index is 502. The van der Waals surface area contributed by atoms with Gasteiger partial charge in [0.2, 0.25) is 0 Å². The lowest BCUT2D eigenvalue weighted by Crippen LogP contribution is -2.37. The molecule has 0 bridgehead atoms. The summed E-state index contributed by atoms with van der Waals surface area (Å²) in [5, 5.41) is 0.764. The van der Waals surface area contributed by atoms with Crippen molar-refractivity contribution in [3.05, 3.63) is 64.9 Å². The van der Waals surface area contributed by atoms with Crippen molar-refractivity contribution < 1.29 is 0 Å². The lowest BCUT2D eigenvalue weighted by molar-refractivity contribution is 0.491. The molecule has 1 aromatic carbocycles. The van der Waals surface area contributed by atoms with Gasteiger partial charge in [-0.15, -0.1) is 0 Å². The maximum atomic E-state index is 5.98. The maximum Gasteiger partial charge on any atom is 0.0408 e. The van der Waals surface area contributed by atoms with Crippen LogP contribution in [-0.2, 0) is 12.8 Å². The van der Waals surface area contributed by atoms with Crippen LogP contribution in [-0.4, -0.2) is 11.0 Å². The summed E-state index contributed by atoms with van der Waals surface area (Å²) in [6.07, 6.45) is 6.48. The van der Waals surface area contributed by atoms with Crippen molar-refractivity contribution in [3.63, 3.8) is 0 Å². The van der Waals surface area contributed by atoms with E-state index in [0.29, 0.717) is 0 Å². The minimum atomic E-state index is 0.235. The molecule has 0 saturated heterocycles. The molecule has 1 unspecified atom stereocenters. The van der Waals surface area contributed by atoms with Crippen LogP contribution in [0.4, 0.5) is 0 Å². The van der Waals surface area contributed by atoms with E-state index in [1.54, 1.807) is 6.20 Å². The van der Waals surface area contributed by atoms with E-state index >= 15 is 0 Å². The standard InChI is InChI=1S/C15H18ClN3/c16-14-5-1-3-13(9-14)10-15(19-17)7-6-12-4-2-8-18-11-12/h1-5,8-9,11,15,19H,6-7,10,17H2. The zero-order valence-corrected chi connectivity index (χ0v) is 11.5. The molecule has 0 saturated carbocycles. The molecule has 0 aliphatic heterocycles. The molecule has 1 aromatic heterocycles. The van der Waals surface area contributed by atoms with Crippen molar-refractivity contribution in [2.24, 2.45) is 5.84 Å². The summed E-state index contributed by atoms with van der Waals surface area (Å²) in [5.74, 6) is 5.62. The second kappa shape index (κ2) is 7.24. The first-order valence-corrected chi connectivity index (χ1v) is 6.75. The molecule has 0 fully saturated rings. The largest absolute Gasteiger partial charge is 0.271 e. The molecule has 0 aliphatic carbocycles. The fourth-order valence-corrected chi connectivity index (χ4v) is 2.29. The van der Waals surface area contributed by atoms with Crippen LogP contribution in [0.5, 0.6) is 0 Å². The van der Waals surface area contributed by atoms with Gasteiger partial charge >= 0.3 is 0 Å². The molecule has 3 N–H and O–H groups in total. The van der Waals surface area contributed by atoms with Crippen LogP contribution in [0.15, 0.2) is 48.8 Å². The van der Waals surface area contributed by atoms with Gasteiger partial charge in [0.05, 0.1) is 0 Å². The number of rotatable bonds is 6. The lowest BCUT2D eigenvalue weighted by Gasteiger charge is -2.16. The van der Waals surface area contributed by atoms with Crippen molar-refractivity contribution in [3.8, 4) is 0 Å². The van der Waals surface area contributed by atoms with Gasteiger partial charge in [0.1, 0.15) is 0 Å². The first kappa shape index (κ1) is 14.0. The van der Waals surface area contributed by atoms with Gasteiger partial charge in [-0.3, -0.25) is 16.3 Å². The van der Waals surface area contributed by atoms with Crippen LogP contribution in [0.3, 0.4) is 0 Å². The molecular weight excluding hydrogens is 258 g/mol. The highest BCUT2D eigenvalue weighted by atomic mass is 35.5. The van der Waals surface area contributed by atoms with Gasteiger partial charge in [-0.1, -0.05) is 29.8 Å². The second-order valence-electron chi connectivity index (χ2n) is 4.60. The molecule has 4 heteroatoms. The summed E-state index contributed by atoms with van der Waals surface area (Å²) in [7, 11) is 0. The second-order valence-corrected chi connectivity index (χ2v) is 5.03. The van der Waals surface area contributed by atoms with Crippen LogP contribution < -0.4 is 11.3 Å². The van der Waals surface area contributed by atoms with Gasteiger partial charge in [0, 0.05) is 23.5 Å². The van der Waals surface area contributed by atoms with Crippen LogP contribution in [0.2, 0.25) is 5.02 Å². The third-order valence-corrected chi connectivity index (χ3v) is 3.35. The number of halogens is 1. The van der Waals surface area contributed by atoms with Crippen molar-refractivity contribution in [1.29, 1.82) is 0 Å². The number of pyridine rings is 1. The first-order chi connectivity index (χ1) is 9.28. The molecule has 0 radical (unpaired) electrons. The average molecular weight is 276 g/mol. The average Bonchev–Trinajstić information content (AvgIpc) is 2.44. The predicted molar refractivity (Wildman–Crippen MR) is 78.8 cm³/mol. The molecule has 1 atom stereocenters. The SMILES string of the molecule is NNC(CCc1cccnc1)Cc1cccc(Cl)c1. The van der Waals surface area contributed by atoms with Gasteiger partial charge in [0.25, 0.3) is 0 Å². The molecule has 3 nitrogen and oxygen atoms in total. The number of nitrogens with two attached hydrogens (primary N) is 1. The molecule has 19 heavy (non-hydrogen) atoms. The quantitative estimate of drug-likeness (QED) is 0.630. The highest BCUT2D eigenvalue weighted by Crippen LogP contribution is 2.14. The maximum absolute atomic E-state index is 5.98. The Morgan fingerprint density at radius 2 is 2.05 bits per heavy atom. The van der Waals surface area contributed by atoms with Gasteiger partial charge < -0.3 is 0 Å². The van der Waals surface area contributed by atoms with Gasteiger partial charge in [-0.25, -0.2) is 0 Å².